The van der Waals surface area contributed by atoms with Crippen molar-refractivity contribution in [1.29, 1.82) is 0 Å². The Hall–Kier alpha value is -4.59. The number of anilines is 1. The lowest BCUT2D eigenvalue weighted by molar-refractivity contribution is 0.552. The average Bonchev–Trinajstić information content (AvgIpc) is 3.81. The minimum atomic E-state index is 0.170. The fourth-order valence-corrected chi connectivity index (χ4v) is 7.83. The van der Waals surface area contributed by atoms with Gasteiger partial charge in [0.05, 0.1) is 33.4 Å². The Balaban J connectivity index is 0.000000214. The number of rotatable bonds is 9. The zero-order chi connectivity index (χ0) is 40.1. The molecule has 0 fully saturated rings. The number of thiazole rings is 2. The minimum absolute atomic E-state index is 0.170. The van der Waals surface area contributed by atoms with Crippen molar-refractivity contribution in [3.8, 4) is 22.5 Å². The Labute approximate surface area is 338 Å². The number of aryl methyl sites for hydroxylation is 4. The van der Waals surface area contributed by atoms with Gasteiger partial charge in [-0.15, -0.1) is 22.7 Å². The van der Waals surface area contributed by atoms with Gasteiger partial charge in [0.25, 0.3) is 0 Å². The maximum Gasteiger partial charge on any atom is 0.0976 e. The normalized spacial score (nSPS) is 11.9. The van der Waals surface area contributed by atoms with Crippen LogP contribution < -0.4 is 5.73 Å². The van der Waals surface area contributed by atoms with Gasteiger partial charge in [-0.05, 0) is 102 Å². The fraction of sp³-hybridized carbons (Fsp3) is 0.354. The number of aliphatic imine (C=N–C) groups is 1. The van der Waals surface area contributed by atoms with Gasteiger partial charge in [0.1, 0.15) is 0 Å². The summed E-state index contributed by atoms with van der Waals surface area (Å²) in [5.74, 6) is 0. The molecule has 288 valence electrons. The quantitative estimate of drug-likeness (QED) is 0.0903. The molecule has 0 aliphatic heterocycles. The molecule has 0 amide bonds. The Morgan fingerprint density at radius 2 is 1.07 bits per heavy atom. The predicted octanol–water partition coefficient (Wildman–Crippen LogP) is 12.8. The van der Waals surface area contributed by atoms with Gasteiger partial charge in [0.2, 0.25) is 0 Å². The van der Waals surface area contributed by atoms with Crippen LogP contribution in [0.2, 0.25) is 0 Å². The second kappa shape index (κ2) is 17.5. The number of nitrogens with zero attached hydrogens (tertiary/aromatic N) is 4. The van der Waals surface area contributed by atoms with Gasteiger partial charge >= 0.3 is 0 Å². The molecule has 2 heterocycles. The van der Waals surface area contributed by atoms with E-state index < -0.39 is 0 Å². The van der Waals surface area contributed by atoms with E-state index in [0.29, 0.717) is 0 Å². The number of hydrogen-bond donors (Lipinski definition) is 1. The molecule has 0 unspecified atom stereocenters. The molecule has 6 rings (SSSR count). The van der Waals surface area contributed by atoms with E-state index in [1.165, 1.54) is 50.1 Å². The van der Waals surface area contributed by atoms with Gasteiger partial charge in [-0.25, -0.2) is 15.0 Å². The number of nitrogens with two attached hydrogens (primary N) is 1. The first-order valence-corrected chi connectivity index (χ1v) is 21.0. The van der Waals surface area contributed by atoms with Crippen molar-refractivity contribution in [3.63, 3.8) is 0 Å². The van der Waals surface area contributed by atoms with Crippen LogP contribution in [0.25, 0.3) is 22.5 Å². The highest BCUT2D eigenvalue weighted by Crippen LogP contribution is 2.31. The van der Waals surface area contributed by atoms with Gasteiger partial charge < -0.3 is 10.6 Å². The van der Waals surface area contributed by atoms with Gasteiger partial charge in [-0.3, -0.25) is 0 Å². The topological polar surface area (TPSA) is 67.4 Å². The molecule has 4 aromatic carbocycles. The summed E-state index contributed by atoms with van der Waals surface area (Å²) < 4.78 is 0. The van der Waals surface area contributed by atoms with Crippen LogP contribution in [0.1, 0.15) is 103 Å². The summed E-state index contributed by atoms with van der Waals surface area (Å²) in [6.45, 7) is 25.0. The van der Waals surface area contributed by atoms with Crippen molar-refractivity contribution in [2.45, 2.75) is 99.8 Å². The van der Waals surface area contributed by atoms with Gasteiger partial charge in [-0.1, -0.05) is 102 Å². The summed E-state index contributed by atoms with van der Waals surface area (Å²) in [5, 5.41) is 6.61. The first-order valence-electron chi connectivity index (χ1n) is 19.2. The molecule has 0 atom stereocenters. The molecule has 0 saturated heterocycles. The first-order chi connectivity index (χ1) is 25.9. The largest absolute Gasteiger partial charge is 0.399 e. The summed E-state index contributed by atoms with van der Waals surface area (Å²) in [6, 6.07) is 26.3. The predicted molar refractivity (Wildman–Crippen MR) is 241 cm³/mol. The van der Waals surface area contributed by atoms with Crippen molar-refractivity contribution < 1.29 is 0 Å². The van der Waals surface area contributed by atoms with Crippen LogP contribution in [0.5, 0.6) is 0 Å². The van der Waals surface area contributed by atoms with E-state index in [9.17, 15) is 0 Å². The van der Waals surface area contributed by atoms with E-state index in [2.05, 4.69) is 170 Å². The highest BCUT2D eigenvalue weighted by molar-refractivity contribution is 7.10. The zero-order valence-electron chi connectivity index (χ0n) is 35.0. The summed E-state index contributed by atoms with van der Waals surface area (Å²) in [4.78, 5) is 16.5. The monoisotopic (exact) mass is 769 g/mol. The van der Waals surface area contributed by atoms with Crippen molar-refractivity contribution in [2.75, 3.05) is 19.3 Å². The summed E-state index contributed by atoms with van der Waals surface area (Å²) in [6.07, 6.45) is 3.62. The highest BCUT2D eigenvalue weighted by Gasteiger charge is 2.16. The molecular weight excluding hydrogens is 711 g/mol. The SMILES string of the molecule is CCN(C)C=Nc1cc(C)c(Cc2nc(-c3ccc(C(C)(C)C)cc3)cs2)cc1C.Cc1cc(Cc2nc(-c3ccc(C(C)(C)C)cc3)cs2)c(C)cc1N. The maximum atomic E-state index is 5.99. The van der Waals surface area contributed by atoms with Gasteiger partial charge in [-0.2, -0.15) is 0 Å². The van der Waals surface area contributed by atoms with Crippen LogP contribution >= 0.6 is 22.7 Å². The molecule has 2 N–H and O–H groups in total. The molecule has 0 aliphatic carbocycles. The number of hydrogen-bond acceptors (Lipinski definition) is 6. The second-order valence-corrected chi connectivity index (χ2v) is 18.7. The smallest absolute Gasteiger partial charge is 0.0976 e. The van der Waals surface area contributed by atoms with Crippen LogP contribution in [0.15, 0.2) is 88.5 Å². The van der Waals surface area contributed by atoms with Crippen molar-refractivity contribution >= 4 is 40.4 Å². The lowest BCUT2D eigenvalue weighted by Gasteiger charge is -2.18. The van der Waals surface area contributed by atoms with Crippen LogP contribution in [0, 0.1) is 27.7 Å². The fourth-order valence-electron chi connectivity index (χ4n) is 6.18. The number of aromatic nitrogens is 2. The van der Waals surface area contributed by atoms with E-state index >= 15 is 0 Å². The molecule has 2 aromatic heterocycles. The molecule has 7 heteroatoms. The highest BCUT2D eigenvalue weighted by atomic mass is 32.1. The third-order valence-electron chi connectivity index (χ3n) is 10.2. The summed E-state index contributed by atoms with van der Waals surface area (Å²) >= 11 is 3.46. The standard InChI is InChI=1S/C26H33N3S.C22H26N2S/c1-8-29(7)17-27-23-14-18(2)21(13-19(23)3)15-25-28-24(16-30-25)20-9-11-22(12-10-20)26(4,5)6;1-14-11-19(23)15(2)10-17(14)12-21-24-20(13-25-21)16-6-8-18(9-7-16)22(3,4)5/h9-14,16-17H,8,15H2,1-7H3;6-11,13H,12,23H2,1-5H3. The molecule has 0 spiro atoms. The Morgan fingerprint density at radius 3 is 1.51 bits per heavy atom. The molecule has 5 nitrogen and oxygen atoms in total. The van der Waals surface area contributed by atoms with E-state index in [1.54, 1.807) is 22.7 Å². The van der Waals surface area contributed by atoms with Crippen LogP contribution in [0.3, 0.4) is 0 Å². The van der Waals surface area contributed by atoms with Crippen molar-refractivity contribution in [3.05, 3.63) is 138 Å². The molecular formula is C48H59N5S2. The van der Waals surface area contributed by atoms with Gasteiger partial charge in [0, 0.05) is 54.0 Å². The average molecular weight is 770 g/mol. The van der Waals surface area contributed by atoms with E-state index in [0.717, 1.165) is 57.7 Å². The number of nitrogen functional groups attached to an aromatic ring is 1. The maximum absolute atomic E-state index is 5.99. The van der Waals surface area contributed by atoms with E-state index in [4.69, 9.17) is 15.7 Å². The summed E-state index contributed by atoms with van der Waals surface area (Å²) in [7, 11) is 2.04. The van der Waals surface area contributed by atoms with Crippen molar-refractivity contribution in [1.82, 2.24) is 14.9 Å². The van der Waals surface area contributed by atoms with Gasteiger partial charge in [0.15, 0.2) is 0 Å². The lowest BCUT2D eigenvalue weighted by Crippen LogP contribution is -2.14. The second-order valence-electron chi connectivity index (χ2n) is 16.8. The Bertz CT molecular complexity index is 2230. The molecule has 55 heavy (non-hydrogen) atoms. The minimum Gasteiger partial charge on any atom is -0.399 e. The van der Waals surface area contributed by atoms with Crippen LogP contribution in [-0.2, 0) is 23.7 Å². The van der Waals surface area contributed by atoms with Crippen LogP contribution in [-0.4, -0.2) is 34.8 Å². The number of benzene rings is 4. The molecule has 0 radical (unpaired) electrons. The lowest BCUT2D eigenvalue weighted by atomic mass is 9.86. The molecule has 6 aromatic rings. The van der Waals surface area contributed by atoms with E-state index in [1.807, 2.05) is 13.4 Å². The first kappa shape index (κ1) is 41.6. The molecule has 0 bridgehead atoms. The van der Waals surface area contributed by atoms with Crippen molar-refractivity contribution in [2.24, 2.45) is 4.99 Å². The molecule has 0 saturated carbocycles. The third-order valence-corrected chi connectivity index (χ3v) is 11.8. The molecule has 0 aliphatic rings. The van der Waals surface area contributed by atoms with Crippen LogP contribution in [0.4, 0.5) is 11.4 Å². The van der Waals surface area contributed by atoms with E-state index in [-0.39, 0.29) is 10.8 Å². The third kappa shape index (κ3) is 11.0. The zero-order valence-corrected chi connectivity index (χ0v) is 36.6. The Kier molecular flexibility index (Phi) is 13.2. The summed E-state index contributed by atoms with van der Waals surface area (Å²) in [5.41, 5.74) is 22.9. The Morgan fingerprint density at radius 1 is 0.636 bits per heavy atom.